The average Bonchev–Trinajstić information content (AvgIpc) is 2.36. The molecule has 0 saturated carbocycles. The fourth-order valence-electron chi connectivity index (χ4n) is 2.01. The van der Waals surface area contributed by atoms with Crippen molar-refractivity contribution in [3.63, 3.8) is 0 Å². The van der Waals surface area contributed by atoms with Gasteiger partial charge in [0, 0.05) is 19.4 Å². The minimum Gasteiger partial charge on any atom is -0.396 e. The van der Waals surface area contributed by atoms with E-state index < -0.39 is 0 Å². The predicted molar refractivity (Wildman–Crippen MR) is 66.9 cm³/mol. The second-order valence-corrected chi connectivity index (χ2v) is 4.57. The molecule has 17 heavy (non-hydrogen) atoms. The molecule has 1 aliphatic heterocycles. The highest BCUT2D eigenvalue weighted by molar-refractivity contribution is 5.65. The molecule has 1 aromatic rings. The van der Waals surface area contributed by atoms with Crippen molar-refractivity contribution >= 4 is 11.5 Å². The summed E-state index contributed by atoms with van der Waals surface area (Å²) in [5, 5.41) is 12.9. The number of nitrogens with two attached hydrogens (primary N) is 1. The number of aryl methyl sites for hydroxylation is 1. The van der Waals surface area contributed by atoms with Gasteiger partial charge in [-0.1, -0.05) is 0 Å². The summed E-state index contributed by atoms with van der Waals surface area (Å²) in [6.07, 6.45) is 3.25. The molecule has 0 radical (unpaired) electrons. The molecule has 94 valence electrons. The van der Waals surface area contributed by atoms with Crippen LogP contribution in [0.5, 0.6) is 0 Å². The first-order chi connectivity index (χ1) is 8.17. The van der Waals surface area contributed by atoms with E-state index in [0.717, 1.165) is 18.4 Å². The summed E-state index contributed by atoms with van der Waals surface area (Å²) in [6, 6.07) is 1.87. The Kier molecular flexibility index (Phi) is 3.49. The number of hydrogen-bond acceptors (Lipinski definition) is 5. The first-order valence-corrected chi connectivity index (χ1v) is 5.85. The highest BCUT2D eigenvalue weighted by atomic mass is 16.5. The molecular formula is C12H19N3O2. The summed E-state index contributed by atoms with van der Waals surface area (Å²) in [7, 11) is 0. The third-order valence-corrected chi connectivity index (χ3v) is 3.34. The Morgan fingerprint density at radius 2 is 2.24 bits per heavy atom. The Bertz CT molecular complexity index is 389. The number of nitrogens with one attached hydrogen (secondary N) is 1. The number of anilines is 2. The van der Waals surface area contributed by atoms with E-state index in [0.29, 0.717) is 24.7 Å². The van der Waals surface area contributed by atoms with E-state index >= 15 is 0 Å². The lowest BCUT2D eigenvalue weighted by Crippen LogP contribution is -2.47. The SMILES string of the molecule is Cc1ccnc(NC2(CO)CCOCC2)c1N. The van der Waals surface area contributed by atoms with Crippen LogP contribution in [0.25, 0.3) is 0 Å². The molecule has 5 heteroatoms. The van der Waals surface area contributed by atoms with E-state index in [2.05, 4.69) is 10.3 Å². The van der Waals surface area contributed by atoms with Crippen LogP contribution in [0, 0.1) is 6.92 Å². The summed E-state index contributed by atoms with van der Waals surface area (Å²) in [6.45, 7) is 3.31. The zero-order valence-electron chi connectivity index (χ0n) is 10.1. The van der Waals surface area contributed by atoms with Crippen molar-refractivity contribution in [1.29, 1.82) is 0 Å². The molecule has 0 amide bonds. The molecule has 0 spiro atoms. The summed E-state index contributed by atoms with van der Waals surface area (Å²) < 4.78 is 5.32. The number of pyridine rings is 1. The molecule has 1 aromatic heterocycles. The Morgan fingerprint density at radius 1 is 1.53 bits per heavy atom. The zero-order valence-corrected chi connectivity index (χ0v) is 10.1. The molecule has 1 fully saturated rings. The van der Waals surface area contributed by atoms with Gasteiger partial charge in [0.2, 0.25) is 0 Å². The normalized spacial score (nSPS) is 18.9. The number of aromatic nitrogens is 1. The lowest BCUT2D eigenvalue weighted by molar-refractivity contribution is 0.0379. The third kappa shape index (κ3) is 2.50. The smallest absolute Gasteiger partial charge is 0.149 e. The van der Waals surface area contributed by atoms with Gasteiger partial charge < -0.3 is 20.9 Å². The van der Waals surface area contributed by atoms with Crippen molar-refractivity contribution in [2.45, 2.75) is 25.3 Å². The van der Waals surface area contributed by atoms with Crippen LogP contribution in [0.2, 0.25) is 0 Å². The van der Waals surface area contributed by atoms with Gasteiger partial charge in [0.1, 0.15) is 5.82 Å². The first kappa shape index (κ1) is 12.1. The number of aliphatic hydroxyl groups is 1. The molecule has 1 saturated heterocycles. The fourth-order valence-corrected chi connectivity index (χ4v) is 2.01. The van der Waals surface area contributed by atoms with Crippen LogP contribution in [0.4, 0.5) is 11.5 Å². The monoisotopic (exact) mass is 237 g/mol. The highest BCUT2D eigenvalue weighted by Gasteiger charge is 2.32. The summed E-state index contributed by atoms with van der Waals surface area (Å²) in [4.78, 5) is 4.24. The Hall–Kier alpha value is -1.33. The summed E-state index contributed by atoms with van der Waals surface area (Å²) in [5.74, 6) is 0.654. The van der Waals surface area contributed by atoms with Gasteiger partial charge in [-0.2, -0.15) is 0 Å². The molecule has 4 N–H and O–H groups in total. The lowest BCUT2D eigenvalue weighted by atomic mass is 9.91. The Labute approximate surface area is 101 Å². The number of nitrogen functional groups attached to an aromatic ring is 1. The fraction of sp³-hybridized carbons (Fsp3) is 0.583. The van der Waals surface area contributed by atoms with E-state index in [-0.39, 0.29) is 12.1 Å². The van der Waals surface area contributed by atoms with Gasteiger partial charge in [-0.15, -0.1) is 0 Å². The van der Waals surface area contributed by atoms with Crippen molar-refractivity contribution in [3.8, 4) is 0 Å². The molecule has 0 bridgehead atoms. The van der Waals surface area contributed by atoms with Gasteiger partial charge in [-0.25, -0.2) is 4.98 Å². The van der Waals surface area contributed by atoms with Gasteiger partial charge >= 0.3 is 0 Å². The van der Waals surface area contributed by atoms with Gasteiger partial charge in [-0.05, 0) is 31.4 Å². The van der Waals surface area contributed by atoms with Crippen LogP contribution < -0.4 is 11.1 Å². The van der Waals surface area contributed by atoms with Gasteiger partial charge in [0.05, 0.1) is 17.8 Å². The average molecular weight is 237 g/mol. The minimum absolute atomic E-state index is 0.0609. The standard InChI is InChI=1S/C12H19N3O2/c1-9-2-5-14-11(10(9)13)15-12(8-16)3-6-17-7-4-12/h2,5,16H,3-4,6-8,13H2,1H3,(H,14,15). The van der Waals surface area contributed by atoms with E-state index in [9.17, 15) is 5.11 Å². The van der Waals surface area contributed by atoms with Crippen LogP contribution >= 0.6 is 0 Å². The topological polar surface area (TPSA) is 80.4 Å². The quantitative estimate of drug-likeness (QED) is 0.728. The summed E-state index contributed by atoms with van der Waals surface area (Å²) in [5.41, 5.74) is 7.26. The van der Waals surface area contributed by atoms with Crippen LogP contribution in [-0.4, -0.2) is 35.5 Å². The van der Waals surface area contributed by atoms with E-state index in [1.165, 1.54) is 0 Å². The van der Waals surface area contributed by atoms with Crippen LogP contribution in [0.1, 0.15) is 18.4 Å². The number of ether oxygens (including phenoxy) is 1. The Morgan fingerprint density at radius 3 is 2.88 bits per heavy atom. The lowest BCUT2D eigenvalue weighted by Gasteiger charge is -2.37. The van der Waals surface area contributed by atoms with Crippen molar-refractivity contribution in [1.82, 2.24) is 4.98 Å². The molecule has 1 aliphatic rings. The molecule has 0 aliphatic carbocycles. The van der Waals surface area contributed by atoms with Gasteiger partial charge in [0.15, 0.2) is 0 Å². The molecular weight excluding hydrogens is 218 g/mol. The van der Waals surface area contributed by atoms with Crippen molar-refractivity contribution in [3.05, 3.63) is 17.8 Å². The molecule has 2 heterocycles. The second kappa shape index (κ2) is 4.89. The van der Waals surface area contributed by atoms with Gasteiger partial charge in [-0.3, -0.25) is 0 Å². The maximum atomic E-state index is 9.58. The first-order valence-electron chi connectivity index (χ1n) is 5.85. The van der Waals surface area contributed by atoms with E-state index in [1.807, 2.05) is 13.0 Å². The number of aliphatic hydroxyl groups excluding tert-OH is 1. The molecule has 2 rings (SSSR count). The second-order valence-electron chi connectivity index (χ2n) is 4.57. The summed E-state index contributed by atoms with van der Waals surface area (Å²) >= 11 is 0. The van der Waals surface area contributed by atoms with Crippen molar-refractivity contribution in [2.75, 3.05) is 30.9 Å². The minimum atomic E-state index is -0.354. The highest BCUT2D eigenvalue weighted by Crippen LogP contribution is 2.28. The largest absolute Gasteiger partial charge is 0.396 e. The molecule has 0 atom stereocenters. The van der Waals surface area contributed by atoms with E-state index in [1.54, 1.807) is 6.20 Å². The van der Waals surface area contributed by atoms with Crippen LogP contribution in [0.15, 0.2) is 12.3 Å². The maximum Gasteiger partial charge on any atom is 0.149 e. The predicted octanol–water partition coefficient (Wildman–Crippen LogP) is 0.926. The number of nitrogens with zero attached hydrogens (tertiary/aromatic N) is 1. The van der Waals surface area contributed by atoms with Gasteiger partial charge in [0.25, 0.3) is 0 Å². The molecule has 0 unspecified atom stereocenters. The zero-order chi connectivity index (χ0) is 12.3. The van der Waals surface area contributed by atoms with Crippen molar-refractivity contribution < 1.29 is 9.84 Å². The van der Waals surface area contributed by atoms with Crippen molar-refractivity contribution in [2.24, 2.45) is 0 Å². The molecule has 0 aromatic carbocycles. The number of rotatable bonds is 3. The van der Waals surface area contributed by atoms with E-state index in [4.69, 9.17) is 10.5 Å². The third-order valence-electron chi connectivity index (χ3n) is 3.34. The van der Waals surface area contributed by atoms with Crippen LogP contribution in [-0.2, 0) is 4.74 Å². The molecule has 5 nitrogen and oxygen atoms in total. The van der Waals surface area contributed by atoms with Crippen LogP contribution in [0.3, 0.4) is 0 Å². The Balaban J connectivity index is 2.20. The maximum absolute atomic E-state index is 9.58. The number of hydrogen-bond donors (Lipinski definition) is 3.